The van der Waals surface area contributed by atoms with Gasteiger partial charge in [-0.3, -0.25) is 0 Å². The fraction of sp³-hybridized carbons (Fsp3) is 0.231. The van der Waals surface area contributed by atoms with Gasteiger partial charge in [-0.1, -0.05) is 5.16 Å². The SMILES string of the molecule is CCOc1ccc(-c2nocc2C(=O)O)cc1OC. The lowest BCUT2D eigenvalue weighted by molar-refractivity contribution is 0.0697. The van der Waals surface area contributed by atoms with Crippen LogP contribution in [-0.4, -0.2) is 29.9 Å². The number of carbonyl (C=O) groups is 1. The van der Waals surface area contributed by atoms with Crippen molar-refractivity contribution in [3.63, 3.8) is 0 Å². The van der Waals surface area contributed by atoms with Crippen LogP contribution in [0, 0.1) is 0 Å². The molecular weight excluding hydrogens is 250 g/mol. The number of methoxy groups -OCH3 is 1. The molecule has 0 aliphatic rings. The first kappa shape index (κ1) is 12.9. The molecule has 0 radical (unpaired) electrons. The Kier molecular flexibility index (Phi) is 3.70. The van der Waals surface area contributed by atoms with E-state index in [0.717, 1.165) is 6.26 Å². The van der Waals surface area contributed by atoms with Gasteiger partial charge in [-0.15, -0.1) is 0 Å². The summed E-state index contributed by atoms with van der Waals surface area (Å²) in [5.74, 6) is 0.0110. The number of aromatic carboxylic acids is 1. The van der Waals surface area contributed by atoms with Gasteiger partial charge in [-0.2, -0.15) is 0 Å². The molecule has 6 heteroatoms. The van der Waals surface area contributed by atoms with Crippen molar-refractivity contribution < 1.29 is 23.9 Å². The molecule has 0 bridgehead atoms. The smallest absolute Gasteiger partial charge is 0.341 e. The van der Waals surface area contributed by atoms with Crippen LogP contribution in [0.1, 0.15) is 17.3 Å². The summed E-state index contributed by atoms with van der Waals surface area (Å²) in [7, 11) is 1.52. The van der Waals surface area contributed by atoms with Crippen LogP contribution in [0.15, 0.2) is 29.0 Å². The molecule has 1 N–H and O–H groups in total. The van der Waals surface area contributed by atoms with Crippen molar-refractivity contribution in [2.24, 2.45) is 0 Å². The van der Waals surface area contributed by atoms with E-state index < -0.39 is 5.97 Å². The summed E-state index contributed by atoms with van der Waals surface area (Å²) in [5, 5.41) is 12.7. The minimum absolute atomic E-state index is 0.00575. The largest absolute Gasteiger partial charge is 0.493 e. The summed E-state index contributed by atoms with van der Waals surface area (Å²) in [6.07, 6.45) is 1.10. The minimum atomic E-state index is -1.09. The third kappa shape index (κ3) is 2.52. The van der Waals surface area contributed by atoms with Gasteiger partial charge in [0.1, 0.15) is 17.5 Å². The van der Waals surface area contributed by atoms with Gasteiger partial charge >= 0.3 is 5.97 Å². The van der Waals surface area contributed by atoms with E-state index >= 15 is 0 Å². The number of carboxylic acids is 1. The number of nitrogens with zero attached hydrogens (tertiary/aromatic N) is 1. The van der Waals surface area contributed by atoms with E-state index in [1.807, 2.05) is 6.92 Å². The van der Waals surface area contributed by atoms with Crippen LogP contribution in [0.5, 0.6) is 11.5 Å². The monoisotopic (exact) mass is 263 g/mol. The zero-order chi connectivity index (χ0) is 13.8. The van der Waals surface area contributed by atoms with E-state index in [0.29, 0.717) is 23.7 Å². The van der Waals surface area contributed by atoms with E-state index in [9.17, 15) is 4.79 Å². The quantitative estimate of drug-likeness (QED) is 0.892. The van der Waals surface area contributed by atoms with Crippen LogP contribution in [0.3, 0.4) is 0 Å². The maximum atomic E-state index is 11.0. The highest BCUT2D eigenvalue weighted by Gasteiger charge is 2.18. The maximum absolute atomic E-state index is 11.0. The average Bonchev–Trinajstić information content (AvgIpc) is 2.89. The van der Waals surface area contributed by atoms with Crippen molar-refractivity contribution in [1.29, 1.82) is 0 Å². The second kappa shape index (κ2) is 5.43. The van der Waals surface area contributed by atoms with Crippen molar-refractivity contribution in [3.05, 3.63) is 30.0 Å². The number of hydrogen-bond donors (Lipinski definition) is 1. The van der Waals surface area contributed by atoms with Gasteiger partial charge in [-0.25, -0.2) is 4.79 Å². The van der Waals surface area contributed by atoms with Gasteiger partial charge in [0, 0.05) is 5.56 Å². The predicted molar refractivity (Wildman–Crippen MR) is 66.6 cm³/mol. The summed E-state index contributed by atoms with van der Waals surface area (Å²) in [5.41, 5.74) is 0.853. The van der Waals surface area contributed by atoms with Gasteiger partial charge in [-0.05, 0) is 25.1 Å². The molecule has 0 saturated heterocycles. The first-order chi connectivity index (χ1) is 9.17. The van der Waals surface area contributed by atoms with E-state index in [4.69, 9.17) is 19.1 Å². The van der Waals surface area contributed by atoms with Gasteiger partial charge in [0.05, 0.1) is 13.7 Å². The number of carboxylic acid groups (broad SMARTS) is 1. The van der Waals surface area contributed by atoms with Crippen LogP contribution in [0.2, 0.25) is 0 Å². The molecule has 19 heavy (non-hydrogen) atoms. The van der Waals surface area contributed by atoms with Crippen molar-refractivity contribution in [2.75, 3.05) is 13.7 Å². The molecular formula is C13H13NO5. The molecule has 1 heterocycles. The Morgan fingerprint density at radius 3 is 2.84 bits per heavy atom. The van der Waals surface area contributed by atoms with Gasteiger partial charge in [0.15, 0.2) is 11.5 Å². The molecule has 0 aliphatic carbocycles. The average molecular weight is 263 g/mol. The summed E-state index contributed by atoms with van der Waals surface area (Å²) in [6, 6.07) is 5.07. The molecule has 0 spiro atoms. The third-order valence-corrected chi connectivity index (χ3v) is 2.54. The second-order valence-electron chi connectivity index (χ2n) is 3.68. The van der Waals surface area contributed by atoms with E-state index in [2.05, 4.69) is 5.16 Å². The Bertz CT molecular complexity index is 590. The van der Waals surface area contributed by atoms with Crippen LogP contribution >= 0.6 is 0 Å². The minimum Gasteiger partial charge on any atom is -0.493 e. The molecule has 0 saturated carbocycles. The van der Waals surface area contributed by atoms with Crippen molar-refractivity contribution in [3.8, 4) is 22.8 Å². The Hall–Kier alpha value is -2.50. The predicted octanol–water partition coefficient (Wildman–Crippen LogP) is 2.45. The van der Waals surface area contributed by atoms with Crippen LogP contribution in [0.4, 0.5) is 0 Å². The number of hydrogen-bond acceptors (Lipinski definition) is 5. The van der Waals surface area contributed by atoms with Gasteiger partial charge in [0.25, 0.3) is 0 Å². The number of rotatable bonds is 5. The van der Waals surface area contributed by atoms with E-state index in [-0.39, 0.29) is 11.3 Å². The molecule has 1 aromatic carbocycles. The Labute approximate surface area is 109 Å². The second-order valence-corrected chi connectivity index (χ2v) is 3.68. The molecule has 6 nitrogen and oxygen atoms in total. The third-order valence-electron chi connectivity index (χ3n) is 2.54. The fourth-order valence-corrected chi connectivity index (χ4v) is 1.69. The van der Waals surface area contributed by atoms with Crippen molar-refractivity contribution in [1.82, 2.24) is 5.16 Å². The molecule has 2 rings (SSSR count). The molecule has 1 aromatic heterocycles. The van der Waals surface area contributed by atoms with Crippen molar-refractivity contribution >= 4 is 5.97 Å². The summed E-state index contributed by atoms with van der Waals surface area (Å²) in [4.78, 5) is 11.0. The van der Waals surface area contributed by atoms with Crippen LogP contribution in [0.25, 0.3) is 11.3 Å². The molecule has 0 aliphatic heterocycles. The van der Waals surface area contributed by atoms with Gasteiger partial charge in [0.2, 0.25) is 0 Å². The standard InChI is InChI=1S/C13H13NO5/c1-3-18-10-5-4-8(6-11(10)17-2)12-9(13(15)16)7-19-14-12/h4-7H,3H2,1-2H3,(H,15,16). The molecule has 0 unspecified atom stereocenters. The van der Waals surface area contributed by atoms with Crippen molar-refractivity contribution in [2.45, 2.75) is 6.92 Å². The molecule has 100 valence electrons. The highest BCUT2D eigenvalue weighted by atomic mass is 16.5. The topological polar surface area (TPSA) is 81.8 Å². The van der Waals surface area contributed by atoms with E-state index in [1.165, 1.54) is 7.11 Å². The number of ether oxygens (including phenoxy) is 2. The zero-order valence-corrected chi connectivity index (χ0v) is 10.5. The number of benzene rings is 1. The van der Waals surface area contributed by atoms with Crippen LogP contribution in [-0.2, 0) is 0 Å². The highest BCUT2D eigenvalue weighted by molar-refractivity contribution is 5.94. The normalized spacial score (nSPS) is 10.2. The Balaban J connectivity index is 2.45. The highest BCUT2D eigenvalue weighted by Crippen LogP contribution is 2.33. The lowest BCUT2D eigenvalue weighted by Crippen LogP contribution is -1.98. The van der Waals surface area contributed by atoms with Gasteiger partial charge < -0.3 is 19.1 Å². The maximum Gasteiger partial charge on any atom is 0.341 e. The summed E-state index contributed by atoms with van der Waals surface area (Å²) in [6.45, 7) is 2.38. The summed E-state index contributed by atoms with van der Waals surface area (Å²) >= 11 is 0. The number of aromatic nitrogens is 1. The van der Waals surface area contributed by atoms with E-state index in [1.54, 1.807) is 18.2 Å². The van der Waals surface area contributed by atoms with Crippen LogP contribution < -0.4 is 9.47 Å². The Morgan fingerprint density at radius 1 is 1.42 bits per heavy atom. The molecule has 2 aromatic rings. The molecule has 0 amide bonds. The lowest BCUT2D eigenvalue weighted by atomic mass is 10.1. The summed E-state index contributed by atoms with van der Waals surface area (Å²) < 4.78 is 15.3. The first-order valence-electron chi connectivity index (χ1n) is 5.66. The molecule has 0 fully saturated rings. The first-order valence-corrected chi connectivity index (χ1v) is 5.66. The Morgan fingerprint density at radius 2 is 2.21 bits per heavy atom. The zero-order valence-electron chi connectivity index (χ0n) is 10.5. The fourth-order valence-electron chi connectivity index (χ4n) is 1.69. The lowest BCUT2D eigenvalue weighted by Gasteiger charge is -2.10. The molecule has 0 atom stereocenters.